The zero-order valence-electron chi connectivity index (χ0n) is 9.78. The molecule has 0 fully saturated rings. The van der Waals surface area contributed by atoms with Gasteiger partial charge in [-0.15, -0.1) is 0 Å². The number of nitrogens with zero attached hydrogens (tertiary/aromatic N) is 1. The summed E-state index contributed by atoms with van der Waals surface area (Å²) in [6.07, 6.45) is 0.432. The molecule has 2 atom stereocenters. The van der Waals surface area contributed by atoms with E-state index in [1.54, 1.807) is 36.7 Å². The first-order valence-corrected chi connectivity index (χ1v) is 5.41. The smallest absolute Gasteiger partial charge is 0.337 e. The number of hydrogen-bond acceptors (Lipinski definition) is 5. The Labute approximate surface area is 104 Å². The number of carbonyl (C=O) groups is 1. The molecule has 0 radical (unpaired) electrons. The van der Waals surface area contributed by atoms with Gasteiger partial charge in [0, 0.05) is 17.8 Å². The number of ether oxygens (including phenoxy) is 1. The van der Waals surface area contributed by atoms with Crippen LogP contribution in [0, 0.1) is 0 Å². The van der Waals surface area contributed by atoms with Crippen molar-refractivity contribution in [2.24, 2.45) is 0 Å². The summed E-state index contributed by atoms with van der Waals surface area (Å²) in [6.45, 7) is 0. The summed E-state index contributed by atoms with van der Waals surface area (Å²) >= 11 is 0. The number of aliphatic hydroxyl groups is 2. The second kappa shape index (κ2) is 5.12. The van der Waals surface area contributed by atoms with Gasteiger partial charge in [0.25, 0.3) is 0 Å². The summed E-state index contributed by atoms with van der Waals surface area (Å²) in [5.41, 5.74) is 0.451. The lowest BCUT2D eigenvalue weighted by Crippen LogP contribution is -2.28. The van der Waals surface area contributed by atoms with Crippen molar-refractivity contribution < 1.29 is 19.7 Å². The molecule has 94 valence electrons. The Morgan fingerprint density at radius 3 is 2.78 bits per heavy atom. The molecular weight excluding hydrogens is 234 g/mol. The molecule has 0 amide bonds. The van der Waals surface area contributed by atoms with Crippen molar-refractivity contribution in [1.82, 2.24) is 4.98 Å². The molecule has 0 bridgehead atoms. The SMILES string of the molecule is COC(=O)C(O)C(O)c1ccc2cnccc2c1. The minimum absolute atomic E-state index is 0.451. The molecule has 5 nitrogen and oxygen atoms in total. The van der Waals surface area contributed by atoms with Crippen LogP contribution in [0.25, 0.3) is 10.8 Å². The van der Waals surface area contributed by atoms with Gasteiger partial charge in [0.05, 0.1) is 7.11 Å². The van der Waals surface area contributed by atoms with E-state index in [1.807, 2.05) is 0 Å². The molecule has 1 aromatic heterocycles. The maximum Gasteiger partial charge on any atom is 0.337 e. The third-order valence-corrected chi connectivity index (χ3v) is 2.75. The van der Waals surface area contributed by atoms with E-state index in [9.17, 15) is 15.0 Å². The minimum Gasteiger partial charge on any atom is -0.467 e. The van der Waals surface area contributed by atoms with Gasteiger partial charge in [0.2, 0.25) is 0 Å². The fourth-order valence-corrected chi connectivity index (χ4v) is 1.72. The van der Waals surface area contributed by atoms with Crippen LogP contribution < -0.4 is 0 Å². The third-order valence-electron chi connectivity index (χ3n) is 2.75. The Hall–Kier alpha value is -1.98. The number of esters is 1. The second-order valence-corrected chi connectivity index (χ2v) is 3.90. The summed E-state index contributed by atoms with van der Waals surface area (Å²) in [5.74, 6) is -0.864. The van der Waals surface area contributed by atoms with Gasteiger partial charge in [0.1, 0.15) is 6.10 Å². The van der Waals surface area contributed by atoms with E-state index in [0.717, 1.165) is 17.9 Å². The van der Waals surface area contributed by atoms with Crippen LogP contribution in [-0.4, -0.2) is 34.4 Å². The molecule has 2 rings (SSSR count). The summed E-state index contributed by atoms with van der Waals surface area (Å²) < 4.78 is 4.38. The highest BCUT2D eigenvalue weighted by molar-refractivity contribution is 5.82. The summed E-state index contributed by atoms with van der Waals surface area (Å²) in [5, 5.41) is 21.2. The second-order valence-electron chi connectivity index (χ2n) is 3.90. The molecule has 0 aliphatic heterocycles. The van der Waals surface area contributed by atoms with Crippen LogP contribution in [-0.2, 0) is 9.53 Å². The van der Waals surface area contributed by atoms with E-state index >= 15 is 0 Å². The highest BCUT2D eigenvalue weighted by Crippen LogP contribution is 2.22. The molecule has 5 heteroatoms. The summed E-state index contributed by atoms with van der Waals surface area (Å²) in [4.78, 5) is 15.1. The minimum atomic E-state index is -1.59. The largest absolute Gasteiger partial charge is 0.467 e. The van der Waals surface area contributed by atoms with E-state index in [1.165, 1.54) is 0 Å². The monoisotopic (exact) mass is 247 g/mol. The van der Waals surface area contributed by atoms with Gasteiger partial charge in [0.15, 0.2) is 6.10 Å². The van der Waals surface area contributed by atoms with Crippen LogP contribution in [0.2, 0.25) is 0 Å². The summed E-state index contributed by atoms with van der Waals surface area (Å²) in [6, 6.07) is 6.90. The van der Waals surface area contributed by atoms with E-state index < -0.39 is 18.2 Å². The normalized spacial score (nSPS) is 14.2. The van der Waals surface area contributed by atoms with Gasteiger partial charge in [-0.1, -0.05) is 12.1 Å². The van der Waals surface area contributed by atoms with Gasteiger partial charge in [-0.2, -0.15) is 0 Å². The highest BCUT2D eigenvalue weighted by Gasteiger charge is 2.26. The molecule has 0 saturated heterocycles. The molecule has 1 aromatic carbocycles. The Bertz CT molecular complexity index is 570. The first-order valence-electron chi connectivity index (χ1n) is 5.41. The van der Waals surface area contributed by atoms with Gasteiger partial charge in [-0.25, -0.2) is 4.79 Å². The number of fused-ring (bicyclic) bond motifs is 1. The maximum absolute atomic E-state index is 11.1. The van der Waals surface area contributed by atoms with E-state index in [-0.39, 0.29) is 0 Å². The quantitative estimate of drug-likeness (QED) is 0.784. The zero-order chi connectivity index (χ0) is 13.1. The average molecular weight is 247 g/mol. The lowest BCUT2D eigenvalue weighted by Gasteiger charge is -2.16. The summed E-state index contributed by atoms with van der Waals surface area (Å²) in [7, 11) is 1.16. The van der Waals surface area contributed by atoms with Crippen LogP contribution in [0.5, 0.6) is 0 Å². The molecule has 18 heavy (non-hydrogen) atoms. The Morgan fingerprint density at radius 1 is 1.28 bits per heavy atom. The van der Waals surface area contributed by atoms with Crippen molar-refractivity contribution in [3.05, 3.63) is 42.2 Å². The first-order chi connectivity index (χ1) is 8.63. The van der Waals surface area contributed by atoms with Crippen molar-refractivity contribution in [3.8, 4) is 0 Å². The third kappa shape index (κ3) is 2.32. The van der Waals surface area contributed by atoms with Gasteiger partial charge in [-0.05, 0) is 23.1 Å². The number of carbonyl (C=O) groups excluding carboxylic acids is 1. The fourth-order valence-electron chi connectivity index (χ4n) is 1.72. The van der Waals surface area contributed by atoms with Crippen LogP contribution >= 0.6 is 0 Å². The molecule has 1 heterocycles. The number of aromatic nitrogens is 1. The van der Waals surface area contributed by atoms with Crippen LogP contribution in [0.3, 0.4) is 0 Å². The highest BCUT2D eigenvalue weighted by atomic mass is 16.5. The maximum atomic E-state index is 11.1. The number of pyridine rings is 1. The standard InChI is InChI=1S/C13H13NO4/c1-18-13(17)12(16)11(15)9-2-3-10-7-14-5-4-8(10)6-9/h2-7,11-12,15-16H,1H3. The van der Waals surface area contributed by atoms with Crippen LogP contribution in [0.1, 0.15) is 11.7 Å². The van der Waals surface area contributed by atoms with Crippen molar-refractivity contribution in [3.63, 3.8) is 0 Å². The van der Waals surface area contributed by atoms with Crippen molar-refractivity contribution in [2.75, 3.05) is 7.11 Å². The molecule has 2 aromatic rings. The van der Waals surface area contributed by atoms with E-state index in [2.05, 4.69) is 9.72 Å². The lowest BCUT2D eigenvalue weighted by atomic mass is 10.0. The topological polar surface area (TPSA) is 79.7 Å². The number of benzene rings is 1. The van der Waals surface area contributed by atoms with Crippen molar-refractivity contribution >= 4 is 16.7 Å². The molecule has 0 saturated carbocycles. The molecule has 2 unspecified atom stereocenters. The van der Waals surface area contributed by atoms with Crippen molar-refractivity contribution in [1.29, 1.82) is 0 Å². The molecule has 0 aliphatic carbocycles. The average Bonchev–Trinajstić information content (AvgIpc) is 2.44. The van der Waals surface area contributed by atoms with Gasteiger partial charge < -0.3 is 14.9 Å². The fraction of sp³-hybridized carbons (Fsp3) is 0.231. The lowest BCUT2D eigenvalue weighted by molar-refractivity contribution is -0.156. The Morgan fingerprint density at radius 2 is 2.06 bits per heavy atom. The predicted molar refractivity (Wildman–Crippen MR) is 64.7 cm³/mol. The van der Waals surface area contributed by atoms with Crippen LogP contribution in [0.4, 0.5) is 0 Å². The Balaban J connectivity index is 2.33. The number of methoxy groups -OCH3 is 1. The van der Waals surface area contributed by atoms with Crippen LogP contribution in [0.15, 0.2) is 36.7 Å². The van der Waals surface area contributed by atoms with Crippen molar-refractivity contribution in [2.45, 2.75) is 12.2 Å². The first kappa shape index (κ1) is 12.5. The molecular formula is C13H13NO4. The number of aliphatic hydroxyl groups excluding tert-OH is 2. The van der Waals surface area contributed by atoms with E-state index in [0.29, 0.717) is 5.56 Å². The number of rotatable bonds is 3. The molecule has 0 spiro atoms. The number of hydrogen-bond donors (Lipinski definition) is 2. The van der Waals surface area contributed by atoms with Gasteiger partial charge in [-0.3, -0.25) is 4.98 Å². The van der Waals surface area contributed by atoms with E-state index in [4.69, 9.17) is 0 Å². The van der Waals surface area contributed by atoms with Gasteiger partial charge >= 0.3 is 5.97 Å². The molecule has 0 aliphatic rings. The predicted octanol–water partition coefficient (Wildman–Crippen LogP) is 0.802. The Kier molecular flexibility index (Phi) is 3.55. The zero-order valence-corrected chi connectivity index (χ0v) is 9.78. The molecule has 2 N–H and O–H groups in total.